The van der Waals surface area contributed by atoms with Crippen molar-refractivity contribution in [2.75, 3.05) is 46.4 Å². The summed E-state index contributed by atoms with van der Waals surface area (Å²) in [6.07, 6.45) is 5.07. The Bertz CT molecular complexity index is 914. The van der Waals surface area contributed by atoms with E-state index in [2.05, 4.69) is 4.90 Å². The number of phenols is 1. The summed E-state index contributed by atoms with van der Waals surface area (Å²) in [7, 11) is 1.48. The first-order chi connectivity index (χ1) is 16.0. The molecule has 4 aliphatic rings. The van der Waals surface area contributed by atoms with Crippen LogP contribution in [-0.4, -0.2) is 83.9 Å². The van der Waals surface area contributed by atoms with Gasteiger partial charge in [-0.05, 0) is 68.7 Å². The number of rotatable bonds is 7. The number of hydrogen-bond donors (Lipinski definition) is 1. The lowest BCUT2D eigenvalue weighted by Gasteiger charge is -2.35. The third-order valence-corrected chi connectivity index (χ3v) is 8.21. The minimum Gasteiger partial charge on any atom is -0.504 e. The Morgan fingerprint density at radius 2 is 1.64 bits per heavy atom. The van der Waals surface area contributed by atoms with Crippen LogP contribution in [-0.2, 0) is 9.59 Å². The van der Waals surface area contributed by atoms with E-state index in [0.29, 0.717) is 42.8 Å². The van der Waals surface area contributed by atoms with Crippen molar-refractivity contribution in [3.8, 4) is 11.5 Å². The molecule has 178 valence electrons. The van der Waals surface area contributed by atoms with Crippen molar-refractivity contribution in [2.45, 2.75) is 32.1 Å². The number of piperazine rings is 1. The van der Waals surface area contributed by atoms with E-state index >= 15 is 0 Å². The van der Waals surface area contributed by atoms with Gasteiger partial charge in [-0.2, -0.15) is 0 Å². The number of ether oxygens (including phenoxy) is 1. The predicted molar refractivity (Wildman–Crippen MR) is 121 cm³/mol. The van der Waals surface area contributed by atoms with Crippen LogP contribution in [0.3, 0.4) is 0 Å². The molecule has 3 amide bonds. The number of benzene rings is 1. The zero-order chi connectivity index (χ0) is 23.1. The monoisotopic (exact) mass is 455 g/mol. The van der Waals surface area contributed by atoms with Gasteiger partial charge in [-0.1, -0.05) is 0 Å². The predicted octanol–water partition coefficient (Wildman–Crippen LogP) is 1.97. The van der Waals surface area contributed by atoms with Gasteiger partial charge in [-0.15, -0.1) is 0 Å². The average molecular weight is 456 g/mol. The molecule has 2 aliphatic heterocycles. The molecule has 2 aliphatic carbocycles. The summed E-state index contributed by atoms with van der Waals surface area (Å²) >= 11 is 0. The lowest BCUT2D eigenvalue weighted by atomic mass is 9.81. The highest BCUT2D eigenvalue weighted by molar-refractivity contribution is 6.06. The molecule has 0 aromatic heterocycles. The number of hydrogen-bond acceptors (Lipinski definition) is 6. The van der Waals surface area contributed by atoms with E-state index in [9.17, 15) is 19.5 Å². The number of nitrogens with zero attached hydrogens (tertiary/aromatic N) is 3. The highest BCUT2D eigenvalue weighted by Crippen LogP contribution is 2.56. The lowest BCUT2D eigenvalue weighted by Crippen LogP contribution is -2.48. The highest BCUT2D eigenvalue weighted by Gasteiger charge is 2.60. The van der Waals surface area contributed by atoms with Crippen LogP contribution in [0.25, 0.3) is 0 Å². The van der Waals surface area contributed by atoms with Crippen molar-refractivity contribution >= 4 is 17.7 Å². The molecule has 8 nitrogen and oxygen atoms in total. The van der Waals surface area contributed by atoms with Gasteiger partial charge in [-0.3, -0.25) is 24.2 Å². The maximum Gasteiger partial charge on any atom is 0.254 e. The van der Waals surface area contributed by atoms with Crippen LogP contribution in [0, 0.1) is 23.7 Å². The summed E-state index contributed by atoms with van der Waals surface area (Å²) in [6, 6.07) is 4.73. The molecule has 1 aromatic rings. The van der Waals surface area contributed by atoms with Crippen molar-refractivity contribution in [2.24, 2.45) is 23.7 Å². The Morgan fingerprint density at radius 1 is 1.00 bits per heavy atom. The van der Waals surface area contributed by atoms with Crippen LogP contribution in [0.5, 0.6) is 11.5 Å². The number of aromatic hydroxyl groups is 1. The fourth-order valence-electron chi connectivity index (χ4n) is 6.48. The van der Waals surface area contributed by atoms with Crippen LogP contribution < -0.4 is 4.74 Å². The van der Waals surface area contributed by atoms with Gasteiger partial charge in [0.2, 0.25) is 11.8 Å². The molecular weight excluding hydrogens is 422 g/mol. The maximum atomic E-state index is 12.8. The average Bonchev–Trinajstić information content (AvgIpc) is 3.51. The summed E-state index contributed by atoms with van der Waals surface area (Å²) in [5.74, 6) is 1.27. The molecule has 0 spiro atoms. The Kier molecular flexibility index (Phi) is 6.03. The standard InChI is InChI=1S/C25H33N3O5/c1-33-20-7-6-18(15-19(20)29)23(30)27-12-10-26(11-13-27)8-2-3-9-28-24(31)21-16-4-5-17(14-16)22(21)25(28)32/h6-7,15-17,21-22,29H,2-5,8-14H2,1H3/t16?,17?,21-,22+. The van der Waals surface area contributed by atoms with E-state index in [1.165, 1.54) is 13.2 Å². The molecule has 1 aromatic carbocycles. The smallest absolute Gasteiger partial charge is 0.254 e. The number of imide groups is 1. The van der Waals surface area contributed by atoms with Crippen LogP contribution in [0.4, 0.5) is 0 Å². The van der Waals surface area contributed by atoms with Gasteiger partial charge in [0.05, 0.1) is 18.9 Å². The fraction of sp³-hybridized carbons (Fsp3) is 0.640. The molecule has 4 atom stereocenters. The Hall–Kier alpha value is -2.61. The molecule has 4 fully saturated rings. The molecule has 33 heavy (non-hydrogen) atoms. The molecule has 2 heterocycles. The molecule has 2 bridgehead atoms. The Morgan fingerprint density at radius 3 is 2.24 bits per heavy atom. The van der Waals surface area contributed by atoms with Crippen molar-refractivity contribution in [3.05, 3.63) is 23.8 Å². The number of fused-ring (bicyclic) bond motifs is 5. The van der Waals surface area contributed by atoms with E-state index in [1.54, 1.807) is 17.0 Å². The molecular formula is C25H33N3O5. The number of amides is 3. The number of unbranched alkanes of at least 4 members (excludes halogenated alkanes) is 1. The van der Waals surface area contributed by atoms with Gasteiger partial charge < -0.3 is 14.7 Å². The first-order valence-electron chi connectivity index (χ1n) is 12.2. The lowest BCUT2D eigenvalue weighted by molar-refractivity contribution is -0.140. The van der Waals surface area contributed by atoms with Crippen LogP contribution >= 0.6 is 0 Å². The van der Waals surface area contributed by atoms with Gasteiger partial charge in [0.1, 0.15) is 0 Å². The van der Waals surface area contributed by atoms with Gasteiger partial charge in [0.25, 0.3) is 5.91 Å². The van der Waals surface area contributed by atoms with Crippen molar-refractivity contribution in [1.82, 2.24) is 14.7 Å². The van der Waals surface area contributed by atoms with Crippen molar-refractivity contribution in [1.29, 1.82) is 0 Å². The Balaban J connectivity index is 1.04. The quantitative estimate of drug-likeness (QED) is 0.499. The van der Waals surface area contributed by atoms with Gasteiger partial charge in [0, 0.05) is 38.3 Å². The molecule has 5 rings (SSSR count). The first kappa shape index (κ1) is 22.2. The summed E-state index contributed by atoms with van der Waals surface area (Å²) in [5.41, 5.74) is 0.458. The number of likely N-dealkylation sites (tertiary alicyclic amines) is 1. The van der Waals surface area contributed by atoms with E-state index < -0.39 is 0 Å². The van der Waals surface area contributed by atoms with Crippen molar-refractivity contribution < 1.29 is 24.2 Å². The SMILES string of the molecule is COc1ccc(C(=O)N2CCN(CCCCN3C(=O)[C@@H]4C5CCC(C5)[C@@H]4C3=O)CC2)cc1O. The normalized spacial score (nSPS) is 29.1. The molecule has 2 unspecified atom stereocenters. The second kappa shape index (κ2) is 8.97. The first-order valence-corrected chi connectivity index (χ1v) is 12.2. The second-order valence-corrected chi connectivity index (χ2v) is 9.94. The largest absolute Gasteiger partial charge is 0.504 e. The number of phenolic OH excluding ortho intramolecular Hbond substituents is 1. The second-order valence-electron chi connectivity index (χ2n) is 9.94. The zero-order valence-electron chi connectivity index (χ0n) is 19.2. The molecule has 0 radical (unpaired) electrons. The van der Waals surface area contributed by atoms with E-state index in [-0.39, 0.29) is 35.3 Å². The van der Waals surface area contributed by atoms with Crippen LogP contribution in [0.15, 0.2) is 18.2 Å². The fourth-order valence-corrected chi connectivity index (χ4v) is 6.48. The zero-order valence-corrected chi connectivity index (χ0v) is 19.2. The van der Waals surface area contributed by atoms with E-state index in [0.717, 1.165) is 51.7 Å². The molecule has 8 heteroatoms. The molecule has 2 saturated heterocycles. The molecule has 1 N–H and O–H groups in total. The topological polar surface area (TPSA) is 90.4 Å². The third-order valence-electron chi connectivity index (χ3n) is 8.21. The minimum absolute atomic E-state index is 0.0190. The highest BCUT2D eigenvalue weighted by atomic mass is 16.5. The van der Waals surface area contributed by atoms with Crippen LogP contribution in [0.2, 0.25) is 0 Å². The molecule has 2 saturated carbocycles. The van der Waals surface area contributed by atoms with Crippen molar-refractivity contribution in [3.63, 3.8) is 0 Å². The van der Waals surface area contributed by atoms with Crippen LogP contribution in [0.1, 0.15) is 42.5 Å². The number of carbonyl (C=O) groups is 3. The Labute approximate surface area is 194 Å². The number of methoxy groups -OCH3 is 1. The maximum absolute atomic E-state index is 12.8. The van der Waals surface area contributed by atoms with Gasteiger partial charge >= 0.3 is 0 Å². The van der Waals surface area contributed by atoms with E-state index in [1.807, 2.05) is 4.90 Å². The summed E-state index contributed by atoms with van der Waals surface area (Å²) in [5, 5.41) is 9.94. The third kappa shape index (κ3) is 3.98. The number of carbonyl (C=O) groups excluding carboxylic acids is 3. The van der Waals surface area contributed by atoms with E-state index in [4.69, 9.17) is 4.74 Å². The van der Waals surface area contributed by atoms with Gasteiger partial charge in [-0.25, -0.2) is 0 Å². The summed E-state index contributed by atoms with van der Waals surface area (Å²) < 4.78 is 5.04. The summed E-state index contributed by atoms with van der Waals surface area (Å²) in [6.45, 7) is 4.32. The minimum atomic E-state index is -0.0850. The summed E-state index contributed by atoms with van der Waals surface area (Å²) in [4.78, 5) is 44.0. The van der Waals surface area contributed by atoms with Gasteiger partial charge in [0.15, 0.2) is 11.5 Å².